The molecule has 125 heavy (non-hydrogen) atoms. The van der Waals surface area contributed by atoms with Crippen LogP contribution < -0.4 is 36.3 Å². The van der Waals surface area contributed by atoms with Crippen molar-refractivity contribution in [3.05, 3.63) is 455 Å². The number of fused-ring (bicyclic) bond motifs is 18. The minimum Gasteiger partial charge on any atom is -0.309 e. The van der Waals surface area contributed by atoms with E-state index in [0.29, 0.717) is 11.9 Å². The van der Waals surface area contributed by atoms with Crippen molar-refractivity contribution in [2.24, 2.45) is 0 Å². The van der Waals surface area contributed by atoms with Crippen molar-refractivity contribution >= 4 is 183 Å². The Labute approximate surface area is 723 Å². The fourth-order valence-electron chi connectivity index (χ4n) is 20.4. The second-order valence-electron chi connectivity index (χ2n) is 32.8. The van der Waals surface area contributed by atoms with Gasteiger partial charge in [-0.3, -0.25) is 9.13 Å². The van der Waals surface area contributed by atoms with Crippen LogP contribution in [0.15, 0.2) is 455 Å². The topological polar surface area (TPSA) is 71.3 Å². The van der Waals surface area contributed by atoms with E-state index in [1.165, 1.54) is 112 Å². The predicted molar refractivity (Wildman–Crippen MR) is 529 cm³/mol. The summed E-state index contributed by atoms with van der Waals surface area (Å²) in [5.74, 6) is 1.30. The molecule has 0 aliphatic carbocycles. The lowest BCUT2D eigenvalue weighted by atomic mass is 10.0. The van der Waals surface area contributed by atoms with E-state index in [9.17, 15) is 0 Å². The first-order chi connectivity index (χ1) is 61.9. The minimum absolute atomic E-state index is 0.645. The predicted octanol–water partition coefficient (Wildman–Crippen LogP) is 23.8. The molecule has 586 valence electrons. The number of nitrogens with zero attached hydrogens (tertiary/aromatic N) is 8. The first-order valence-electron chi connectivity index (χ1n) is 42.8. The number of hydrogen-bond donors (Lipinski definition) is 0. The number of para-hydroxylation sites is 6. The number of aromatic nitrogens is 8. The fraction of sp³-hybridized carbons (Fsp3) is 0.00870. The van der Waals surface area contributed by atoms with Gasteiger partial charge in [-0.05, 0) is 155 Å². The summed E-state index contributed by atoms with van der Waals surface area (Å²) in [6.07, 6.45) is 0. The Bertz CT molecular complexity index is 8410. The van der Waals surface area contributed by atoms with Gasteiger partial charge in [-0.2, -0.15) is 0 Å². The zero-order valence-corrected chi connectivity index (χ0v) is 70.4. The lowest BCUT2D eigenvalue weighted by Gasteiger charge is -2.34. The van der Waals surface area contributed by atoms with E-state index >= 15 is 0 Å². The first kappa shape index (κ1) is 73.0. The smallest absolute Gasteiger partial charge is 0.235 e. The van der Waals surface area contributed by atoms with E-state index < -0.39 is 16.1 Å². The molecule has 10 heteroatoms. The van der Waals surface area contributed by atoms with E-state index in [1.54, 1.807) is 0 Å². The van der Waals surface area contributed by atoms with Crippen LogP contribution >= 0.6 is 0 Å². The second-order valence-corrected chi connectivity index (χ2v) is 40.6. The molecule has 6 heterocycles. The van der Waals surface area contributed by atoms with Gasteiger partial charge in [0.05, 0.1) is 66.6 Å². The quantitative estimate of drug-likeness (QED) is 0.0852. The summed E-state index contributed by atoms with van der Waals surface area (Å²) in [7, 11) is -5.29. The van der Waals surface area contributed by atoms with Crippen LogP contribution in [0.2, 0.25) is 6.55 Å². The average Bonchev–Trinajstić information content (AvgIpc) is 1.55. The molecule has 0 aliphatic heterocycles. The molecule has 0 amide bonds. The Morgan fingerprint density at radius 2 is 0.528 bits per heavy atom. The molecule has 0 atom stereocenters. The average molecular weight is 1630 g/mol. The molecule has 0 fully saturated rings. The van der Waals surface area contributed by atoms with Gasteiger partial charge in [-0.1, -0.05) is 364 Å². The molecule has 0 bridgehead atoms. The molecule has 0 saturated carbocycles. The van der Waals surface area contributed by atoms with Crippen molar-refractivity contribution in [3.63, 3.8) is 0 Å². The van der Waals surface area contributed by atoms with Gasteiger partial charge in [0.2, 0.25) is 11.9 Å². The SMILES string of the molecule is C[Si](c1ccccc1)(c1ccccc1)c1ccc2c3c4ccccc4ccc3n(-c3nc(-c4ccc5c(c4)c4ccccc4n5-c4ccccc4)c4ccccc4n3)c2c1.c1ccc(-n2c3ccccc3c3cc(-c4nc(-n5c6ccc([Si](c7ccccc7)(c7ccccc7)c7ccccc7)cc6c6c7ccccc7ccc65)nc5ccccc45)ccc32)cc1. The van der Waals surface area contributed by atoms with E-state index in [0.717, 1.165) is 88.8 Å². The molecular formula is C115H78N8Si2. The van der Waals surface area contributed by atoms with Crippen molar-refractivity contribution in [2.45, 2.75) is 6.55 Å². The molecule has 8 nitrogen and oxygen atoms in total. The van der Waals surface area contributed by atoms with Gasteiger partial charge in [0, 0.05) is 76.4 Å². The summed E-state index contributed by atoms with van der Waals surface area (Å²) in [4.78, 5) is 22.0. The molecule has 25 aromatic rings. The summed E-state index contributed by atoms with van der Waals surface area (Å²) in [5, 5.41) is 25.9. The van der Waals surface area contributed by atoms with Gasteiger partial charge < -0.3 is 9.13 Å². The van der Waals surface area contributed by atoms with Gasteiger partial charge in [0.25, 0.3) is 0 Å². The van der Waals surface area contributed by atoms with E-state index in [4.69, 9.17) is 19.9 Å². The maximum absolute atomic E-state index is 5.61. The zero-order chi connectivity index (χ0) is 82.7. The van der Waals surface area contributed by atoms with Crippen molar-refractivity contribution < 1.29 is 0 Å². The molecule has 25 rings (SSSR count). The van der Waals surface area contributed by atoms with Crippen LogP contribution in [-0.4, -0.2) is 54.4 Å². The van der Waals surface area contributed by atoms with Gasteiger partial charge >= 0.3 is 0 Å². The number of benzene rings is 19. The summed E-state index contributed by atoms with van der Waals surface area (Å²) in [5.41, 5.74) is 17.0. The third-order valence-corrected chi connectivity index (χ3v) is 35.4. The minimum atomic E-state index is -2.84. The summed E-state index contributed by atoms with van der Waals surface area (Å²) in [6, 6.07) is 166. The van der Waals surface area contributed by atoms with Crippen molar-refractivity contribution in [3.8, 4) is 45.8 Å². The van der Waals surface area contributed by atoms with Crippen molar-refractivity contribution in [1.82, 2.24) is 38.2 Å². The van der Waals surface area contributed by atoms with E-state index in [2.05, 4.69) is 480 Å². The van der Waals surface area contributed by atoms with Crippen LogP contribution in [-0.2, 0) is 0 Å². The Morgan fingerprint density at radius 1 is 0.192 bits per heavy atom. The van der Waals surface area contributed by atoms with Crippen LogP contribution in [0.1, 0.15) is 0 Å². The molecular weight excluding hydrogens is 1550 g/mol. The third-order valence-electron chi connectivity index (χ3n) is 26.1. The normalized spacial score (nSPS) is 12.0. The Kier molecular flexibility index (Phi) is 17.4. The van der Waals surface area contributed by atoms with Gasteiger partial charge in [0.1, 0.15) is 8.07 Å². The standard InChI is InChI=1S/C60H40N4Si.C55H38N4Si/c1-5-20-43(21-6-1)63-54-32-18-16-29-49(54)51-39-42(34-36-55(51)63)59-50-30-15-17-31-53(50)61-60(62-59)64-56-38-35-47(40-52(56)58-48-28-14-13-19-41(48)33-37-57(58)64)65(44-22-7-2-8-23-44,45-24-9-3-10-25-45)46-26-11-4-12-27-46;1-60(40-20-7-3-8-21-40,41-22-9-4-10-23-41)42-31-32-46-52(36-42)59(51-34-29-37-17-11-12-24-43(37)53(46)51)55-56-48-27-15-13-26-45(48)54(57-55)38-30-33-50-47(35-38)44-25-14-16-28-49(44)58(50)39-18-5-2-6-19-39/h1-40H;2-36H,1H3. The zero-order valence-electron chi connectivity index (χ0n) is 68.4. The van der Waals surface area contributed by atoms with Gasteiger partial charge in [-0.25, -0.2) is 19.9 Å². The molecule has 0 aliphatic rings. The maximum Gasteiger partial charge on any atom is 0.235 e. The Morgan fingerprint density at radius 3 is 0.984 bits per heavy atom. The first-order valence-corrected chi connectivity index (χ1v) is 47.3. The van der Waals surface area contributed by atoms with E-state index in [-0.39, 0.29) is 0 Å². The third kappa shape index (κ3) is 11.7. The van der Waals surface area contributed by atoms with Crippen LogP contribution in [0.4, 0.5) is 0 Å². The summed E-state index contributed by atoms with van der Waals surface area (Å²) in [6.45, 7) is 2.48. The van der Waals surface area contributed by atoms with Crippen molar-refractivity contribution in [1.29, 1.82) is 0 Å². The van der Waals surface area contributed by atoms with Gasteiger partial charge in [0.15, 0.2) is 8.07 Å². The Hall–Kier alpha value is -16.0. The molecule has 0 spiro atoms. The van der Waals surface area contributed by atoms with Crippen molar-refractivity contribution in [2.75, 3.05) is 0 Å². The van der Waals surface area contributed by atoms with Crippen LogP contribution in [0.3, 0.4) is 0 Å². The lowest BCUT2D eigenvalue weighted by molar-refractivity contribution is 1.01. The molecule has 0 N–H and O–H groups in total. The van der Waals surface area contributed by atoms with Crippen LogP contribution in [0.5, 0.6) is 0 Å². The highest BCUT2D eigenvalue weighted by molar-refractivity contribution is 7.20. The second kappa shape index (κ2) is 29.7. The largest absolute Gasteiger partial charge is 0.309 e. The van der Waals surface area contributed by atoms with E-state index in [1.807, 2.05) is 0 Å². The monoisotopic (exact) mass is 1630 g/mol. The lowest BCUT2D eigenvalue weighted by Crippen LogP contribution is -2.74. The molecule has 6 aromatic heterocycles. The molecule has 19 aromatic carbocycles. The highest BCUT2D eigenvalue weighted by Crippen LogP contribution is 2.43. The summed E-state index contributed by atoms with van der Waals surface area (Å²) < 4.78 is 9.34. The summed E-state index contributed by atoms with van der Waals surface area (Å²) >= 11 is 0. The Balaban J connectivity index is 0.000000141. The molecule has 0 saturated heterocycles. The number of hydrogen-bond acceptors (Lipinski definition) is 4. The van der Waals surface area contributed by atoms with Crippen LogP contribution in [0.25, 0.3) is 176 Å². The van der Waals surface area contributed by atoms with Gasteiger partial charge in [-0.15, -0.1) is 0 Å². The fourth-order valence-corrected chi connectivity index (χ4v) is 28.7. The highest BCUT2D eigenvalue weighted by atomic mass is 28.3. The van der Waals surface area contributed by atoms with Crippen LogP contribution in [0, 0.1) is 0 Å². The molecule has 0 radical (unpaired) electrons. The number of rotatable bonds is 13. The highest BCUT2D eigenvalue weighted by Gasteiger charge is 2.42. The maximum atomic E-state index is 5.61. The molecule has 0 unspecified atom stereocenters.